The van der Waals surface area contributed by atoms with E-state index in [-0.39, 0.29) is 17.7 Å². The van der Waals surface area contributed by atoms with Gasteiger partial charge in [0.25, 0.3) is 0 Å². The molecule has 1 aromatic heterocycles. The molecule has 6 heteroatoms. The smallest absolute Gasteiger partial charge is 0.165 e. The summed E-state index contributed by atoms with van der Waals surface area (Å²) in [5.74, 6) is 1.48. The second kappa shape index (κ2) is 7.62. The van der Waals surface area contributed by atoms with Crippen LogP contribution in [0.25, 0.3) is 11.4 Å². The van der Waals surface area contributed by atoms with Crippen molar-refractivity contribution in [3.05, 3.63) is 35.0 Å². The summed E-state index contributed by atoms with van der Waals surface area (Å²) in [6, 6.07) is 6.82. The van der Waals surface area contributed by atoms with Gasteiger partial charge in [-0.1, -0.05) is 32.4 Å². The van der Waals surface area contributed by atoms with Crippen LogP contribution in [0, 0.1) is 0 Å². The van der Waals surface area contributed by atoms with E-state index in [1.807, 2.05) is 13.0 Å². The van der Waals surface area contributed by atoms with Gasteiger partial charge in [0.05, 0.1) is 5.56 Å². The summed E-state index contributed by atoms with van der Waals surface area (Å²) >= 11 is 6.03. The van der Waals surface area contributed by atoms with Crippen molar-refractivity contribution < 1.29 is 5.11 Å². The molecule has 0 saturated carbocycles. The molecule has 1 heterocycles. The molecule has 1 atom stereocenters. The number of nitrogens with two attached hydrogens (primary N) is 1. The summed E-state index contributed by atoms with van der Waals surface area (Å²) in [5, 5.41) is 13.9. The van der Waals surface area contributed by atoms with E-state index in [9.17, 15) is 5.11 Å². The standard InChI is InChI=1S/C17H23ClN4O/c1-4-12(19)9-20-16-8-14(10(2)3)21-17(22-16)13-7-11(18)5-6-15(13)23/h5-8,10,12,23H,4,9,19H2,1-3H3,(H,20,21,22). The van der Waals surface area contributed by atoms with E-state index >= 15 is 0 Å². The Balaban J connectivity index is 2.42. The number of nitrogens with zero attached hydrogens (tertiary/aromatic N) is 2. The summed E-state index contributed by atoms with van der Waals surface area (Å²) in [6.45, 7) is 6.80. The molecule has 2 aromatic rings. The summed E-state index contributed by atoms with van der Waals surface area (Å²) in [5.41, 5.74) is 7.36. The van der Waals surface area contributed by atoms with Gasteiger partial charge in [0.15, 0.2) is 5.82 Å². The third-order valence-corrected chi connectivity index (χ3v) is 3.84. The number of hydrogen-bond donors (Lipinski definition) is 3. The maximum absolute atomic E-state index is 10.1. The first-order chi connectivity index (χ1) is 10.9. The average Bonchev–Trinajstić information content (AvgIpc) is 2.54. The first kappa shape index (κ1) is 17.5. The van der Waals surface area contributed by atoms with Gasteiger partial charge in [0.1, 0.15) is 11.6 Å². The number of phenols is 1. The van der Waals surface area contributed by atoms with Crippen molar-refractivity contribution in [2.75, 3.05) is 11.9 Å². The van der Waals surface area contributed by atoms with E-state index in [4.69, 9.17) is 17.3 Å². The highest BCUT2D eigenvalue weighted by Crippen LogP contribution is 2.31. The van der Waals surface area contributed by atoms with Crippen LogP contribution < -0.4 is 11.1 Å². The zero-order valence-corrected chi connectivity index (χ0v) is 14.4. The fourth-order valence-corrected chi connectivity index (χ4v) is 2.21. The molecule has 1 aromatic carbocycles. The molecule has 0 aliphatic heterocycles. The van der Waals surface area contributed by atoms with E-state index in [1.54, 1.807) is 18.2 Å². The van der Waals surface area contributed by atoms with Gasteiger partial charge >= 0.3 is 0 Å². The Labute approximate surface area is 141 Å². The molecule has 0 radical (unpaired) electrons. The van der Waals surface area contributed by atoms with Gasteiger partial charge in [-0.2, -0.15) is 0 Å². The van der Waals surface area contributed by atoms with Crippen LogP contribution in [0.2, 0.25) is 5.02 Å². The molecule has 0 saturated heterocycles. The summed E-state index contributed by atoms with van der Waals surface area (Å²) in [6.07, 6.45) is 0.886. The Morgan fingerprint density at radius 3 is 2.65 bits per heavy atom. The normalized spacial score (nSPS) is 12.4. The third kappa shape index (κ3) is 4.56. The maximum atomic E-state index is 10.1. The van der Waals surface area contributed by atoms with Crippen molar-refractivity contribution >= 4 is 17.4 Å². The van der Waals surface area contributed by atoms with Crippen LogP contribution in [0.15, 0.2) is 24.3 Å². The lowest BCUT2D eigenvalue weighted by molar-refractivity contribution is 0.477. The number of aromatic nitrogens is 2. The minimum absolute atomic E-state index is 0.0653. The minimum Gasteiger partial charge on any atom is -0.507 e. The van der Waals surface area contributed by atoms with Gasteiger partial charge in [-0.05, 0) is 30.5 Å². The number of anilines is 1. The second-order valence-corrected chi connectivity index (χ2v) is 6.30. The number of rotatable bonds is 6. The molecule has 0 fully saturated rings. The van der Waals surface area contributed by atoms with Crippen LogP contribution in [0.1, 0.15) is 38.8 Å². The topological polar surface area (TPSA) is 84.1 Å². The summed E-state index contributed by atoms with van der Waals surface area (Å²) < 4.78 is 0. The largest absolute Gasteiger partial charge is 0.507 e. The van der Waals surface area contributed by atoms with Crippen LogP contribution >= 0.6 is 11.6 Å². The first-order valence-electron chi connectivity index (χ1n) is 7.78. The molecular weight excluding hydrogens is 312 g/mol. The molecule has 0 bridgehead atoms. The van der Waals surface area contributed by atoms with Crippen molar-refractivity contribution in [2.45, 2.75) is 39.2 Å². The Morgan fingerprint density at radius 1 is 1.26 bits per heavy atom. The highest BCUT2D eigenvalue weighted by molar-refractivity contribution is 6.30. The highest BCUT2D eigenvalue weighted by Gasteiger charge is 2.13. The van der Waals surface area contributed by atoms with Gasteiger partial charge in [0, 0.05) is 29.4 Å². The average molecular weight is 335 g/mol. The molecule has 124 valence electrons. The minimum atomic E-state index is 0.0653. The predicted molar refractivity (Wildman–Crippen MR) is 95.0 cm³/mol. The Bertz CT molecular complexity index is 676. The van der Waals surface area contributed by atoms with Crippen LogP contribution in [0.3, 0.4) is 0 Å². The molecule has 0 amide bonds. The summed E-state index contributed by atoms with van der Waals surface area (Å²) in [4.78, 5) is 9.05. The van der Waals surface area contributed by atoms with Crippen molar-refractivity contribution in [3.63, 3.8) is 0 Å². The first-order valence-corrected chi connectivity index (χ1v) is 8.15. The predicted octanol–water partition coefficient (Wildman–Crippen LogP) is 3.78. The van der Waals surface area contributed by atoms with Gasteiger partial charge in [-0.3, -0.25) is 0 Å². The van der Waals surface area contributed by atoms with Crippen molar-refractivity contribution in [3.8, 4) is 17.1 Å². The quantitative estimate of drug-likeness (QED) is 0.748. The van der Waals surface area contributed by atoms with Gasteiger partial charge in [-0.15, -0.1) is 0 Å². The zero-order valence-electron chi connectivity index (χ0n) is 13.7. The maximum Gasteiger partial charge on any atom is 0.165 e. The van der Waals surface area contributed by atoms with Crippen LogP contribution in [-0.4, -0.2) is 27.7 Å². The Kier molecular flexibility index (Phi) is 5.80. The molecule has 5 nitrogen and oxygen atoms in total. The molecule has 2 rings (SSSR count). The highest BCUT2D eigenvalue weighted by atomic mass is 35.5. The lowest BCUT2D eigenvalue weighted by Crippen LogP contribution is -2.28. The number of aromatic hydroxyl groups is 1. The number of benzene rings is 1. The van der Waals surface area contributed by atoms with Gasteiger partial charge < -0.3 is 16.2 Å². The van der Waals surface area contributed by atoms with Gasteiger partial charge in [0.2, 0.25) is 0 Å². The zero-order chi connectivity index (χ0) is 17.0. The van der Waals surface area contributed by atoms with Crippen molar-refractivity contribution in [1.29, 1.82) is 0 Å². The molecule has 0 aliphatic carbocycles. The molecular formula is C17H23ClN4O. The number of phenolic OH excluding ortho intramolecular Hbond substituents is 1. The fraction of sp³-hybridized carbons (Fsp3) is 0.412. The lowest BCUT2D eigenvalue weighted by Gasteiger charge is -2.14. The third-order valence-electron chi connectivity index (χ3n) is 3.61. The monoisotopic (exact) mass is 334 g/mol. The lowest BCUT2D eigenvalue weighted by atomic mass is 10.1. The van der Waals surface area contributed by atoms with Crippen molar-refractivity contribution in [1.82, 2.24) is 9.97 Å². The molecule has 23 heavy (non-hydrogen) atoms. The van der Waals surface area contributed by atoms with E-state index in [2.05, 4.69) is 29.1 Å². The second-order valence-electron chi connectivity index (χ2n) is 5.87. The molecule has 0 spiro atoms. The SMILES string of the molecule is CCC(N)CNc1cc(C(C)C)nc(-c2cc(Cl)ccc2O)n1. The van der Waals surface area contributed by atoms with Crippen LogP contribution in [0.5, 0.6) is 5.75 Å². The number of hydrogen-bond acceptors (Lipinski definition) is 5. The van der Waals surface area contributed by atoms with Crippen molar-refractivity contribution in [2.24, 2.45) is 5.73 Å². The number of halogens is 1. The van der Waals surface area contributed by atoms with E-state index in [0.29, 0.717) is 28.8 Å². The fourth-order valence-electron chi connectivity index (χ4n) is 2.04. The Morgan fingerprint density at radius 2 is 2.00 bits per heavy atom. The Hall–Kier alpha value is -1.85. The van der Waals surface area contributed by atoms with Crippen LogP contribution in [-0.2, 0) is 0 Å². The molecule has 4 N–H and O–H groups in total. The molecule has 0 aliphatic rings. The van der Waals surface area contributed by atoms with Crippen LogP contribution in [0.4, 0.5) is 5.82 Å². The van der Waals surface area contributed by atoms with E-state index < -0.39 is 0 Å². The molecule has 1 unspecified atom stereocenters. The van der Waals surface area contributed by atoms with Gasteiger partial charge in [-0.25, -0.2) is 9.97 Å². The van der Waals surface area contributed by atoms with E-state index in [0.717, 1.165) is 12.1 Å². The van der Waals surface area contributed by atoms with E-state index in [1.165, 1.54) is 0 Å². The summed E-state index contributed by atoms with van der Waals surface area (Å²) in [7, 11) is 0. The number of nitrogens with one attached hydrogen (secondary N) is 1.